The van der Waals surface area contributed by atoms with Crippen molar-refractivity contribution < 1.29 is 9.90 Å². The smallest absolute Gasteiger partial charge is 0.331 e. The lowest BCUT2D eigenvalue weighted by molar-refractivity contribution is -0.132. The van der Waals surface area contributed by atoms with Gasteiger partial charge < -0.3 is 5.11 Å². The van der Waals surface area contributed by atoms with Crippen molar-refractivity contribution in [2.45, 2.75) is 40.0 Å². The molecule has 0 saturated carbocycles. The topological polar surface area (TPSA) is 37.3 Å². The molecule has 1 rings (SSSR count). The van der Waals surface area contributed by atoms with Crippen molar-refractivity contribution in [2.24, 2.45) is 0 Å². The molecule has 0 fully saturated rings. The van der Waals surface area contributed by atoms with Crippen LogP contribution >= 0.6 is 0 Å². The molecule has 0 aliphatic heterocycles. The van der Waals surface area contributed by atoms with E-state index in [4.69, 9.17) is 5.11 Å². The quantitative estimate of drug-likeness (QED) is 0.788. The number of aryl methyl sites for hydroxylation is 1. The molecule has 0 bridgehead atoms. The Hall–Kier alpha value is -1.57. The van der Waals surface area contributed by atoms with Crippen molar-refractivity contribution in [3.05, 3.63) is 40.5 Å². The Labute approximate surface area is 103 Å². The van der Waals surface area contributed by atoms with Gasteiger partial charge in [-0.25, -0.2) is 4.79 Å². The largest absolute Gasteiger partial charge is 0.478 e. The normalized spacial score (nSPS) is 12.6. The van der Waals surface area contributed by atoms with Crippen LogP contribution in [0.15, 0.2) is 23.8 Å². The first-order valence-electron chi connectivity index (χ1n) is 5.74. The van der Waals surface area contributed by atoms with Crippen LogP contribution in [0.1, 0.15) is 44.4 Å². The van der Waals surface area contributed by atoms with E-state index in [0.717, 1.165) is 11.1 Å². The summed E-state index contributed by atoms with van der Waals surface area (Å²) in [5.74, 6) is -0.871. The van der Waals surface area contributed by atoms with Crippen molar-refractivity contribution in [1.29, 1.82) is 0 Å². The molecule has 0 heterocycles. The molecule has 0 saturated heterocycles. The van der Waals surface area contributed by atoms with Crippen LogP contribution in [-0.2, 0) is 10.2 Å². The average Bonchev–Trinajstić information content (AvgIpc) is 2.19. The molecule has 1 aromatic carbocycles. The van der Waals surface area contributed by atoms with Crippen LogP contribution in [0.5, 0.6) is 0 Å². The van der Waals surface area contributed by atoms with Crippen molar-refractivity contribution in [3.8, 4) is 0 Å². The lowest BCUT2D eigenvalue weighted by Gasteiger charge is -2.20. The van der Waals surface area contributed by atoms with Crippen molar-refractivity contribution >= 4 is 12.0 Å². The summed E-state index contributed by atoms with van der Waals surface area (Å²) in [4.78, 5) is 10.8. The Balaban J connectivity index is 3.15. The van der Waals surface area contributed by atoms with Crippen LogP contribution in [0.25, 0.3) is 6.08 Å². The van der Waals surface area contributed by atoms with Gasteiger partial charge in [0.25, 0.3) is 0 Å². The second-order valence-electron chi connectivity index (χ2n) is 5.45. The molecule has 2 heteroatoms. The third-order valence-corrected chi connectivity index (χ3v) is 2.85. The molecular weight excluding hydrogens is 212 g/mol. The first kappa shape index (κ1) is 13.5. The second-order valence-corrected chi connectivity index (χ2v) is 5.45. The molecular formula is C15H20O2. The minimum atomic E-state index is -0.871. The summed E-state index contributed by atoms with van der Waals surface area (Å²) in [5.41, 5.74) is 3.82. The van der Waals surface area contributed by atoms with Crippen LogP contribution in [0.3, 0.4) is 0 Å². The summed E-state index contributed by atoms with van der Waals surface area (Å²) in [5, 5.41) is 8.85. The molecule has 92 valence electrons. The SMILES string of the molecule is C/C(=C\c1ccc(C(C)(C)C)cc1C)C(=O)O. The van der Waals surface area contributed by atoms with Gasteiger partial charge in [0.1, 0.15) is 0 Å². The zero-order chi connectivity index (χ0) is 13.2. The average molecular weight is 232 g/mol. The van der Waals surface area contributed by atoms with Gasteiger partial charge in [0.15, 0.2) is 0 Å². The number of carboxylic acid groups (broad SMARTS) is 1. The van der Waals surface area contributed by atoms with Gasteiger partial charge in [-0.15, -0.1) is 0 Å². The minimum Gasteiger partial charge on any atom is -0.478 e. The maximum Gasteiger partial charge on any atom is 0.331 e. The fraction of sp³-hybridized carbons (Fsp3) is 0.400. The Morgan fingerprint density at radius 2 is 1.88 bits per heavy atom. The molecule has 1 N–H and O–H groups in total. The fourth-order valence-electron chi connectivity index (χ4n) is 1.60. The van der Waals surface area contributed by atoms with E-state index in [2.05, 4.69) is 32.9 Å². The second kappa shape index (κ2) is 4.74. The number of carboxylic acids is 1. The van der Waals surface area contributed by atoms with Gasteiger partial charge in [-0.05, 0) is 42.0 Å². The molecule has 0 aliphatic rings. The van der Waals surface area contributed by atoms with Crippen molar-refractivity contribution in [2.75, 3.05) is 0 Å². The molecule has 1 aromatic rings. The standard InChI is InChI=1S/C15H20O2/c1-10-9-13(15(3,4)5)7-6-12(10)8-11(2)14(16)17/h6-9H,1-5H3,(H,16,17)/b11-8+. The highest BCUT2D eigenvalue weighted by Gasteiger charge is 2.14. The number of hydrogen-bond donors (Lipinski definition) is 1. The van der Waals surface area contributed by atoms with Gasteiger partial charge in [0.2, 0.25) is 0 Å². The first-order valence-corrected chi connectivity index (χ1v) is 5.74. The molecule has 0 aliphatic carbocycles. The Kier molecular flexibility index (Phi) is 3.76. The monoisotopic (exact) mass is 232 g/mol. The van der Waals surface area contributed by atoms with Gasteiger partial charge in [-0.2, -0.15) is 0 Å². The van der Waals surface area contributed by atoms with Gasteiger partial charge in [0, 0.05) is 5.57 Å². The summed E-state index contributed by atoms with van der Waals surface area (Å²) >= 11 is 0. The Morgan fingerprint density at radius 3 is 2.29 bits per heavy atom. The number of aliphatic carboxylic acids is 1. The Bertz CT molecular complexity index is 462. The van der Waals surface area contributed by atoms with E-state index < -0.39 is 5.97 Å². The predicted octanol–water partition coefficient (Wildman–Crippen LogP) is 3.78. The van der Waals surface area contributed by atoms with Gasteiger partial charge in [-0.1, -0.05) is 39.0 Å². The van der Waals surface area contributed by atoms with Gasteiger partial charge >= 0.3 is 5.97 Å². The highest BCUT2D eigenvalue weighted by atomic mass is 16.4. The van der Waals surface area contributed by atoms with E-state index in [-0.39, 0.29) is 5.41 Å². The fourth-order valence-corrected chi connectivity index (χ4v) is 1.60. The molecule has 0 amide bonds. The molecule has 0 radical (unpaired) electrons. The third-order valence-electron chi connectivity index (χ3n) is 2.85. The number of benzene rings is 1. The number of carbonyl (C=O) groups is 1. The highest BCUT2D eigenvalue weighted by Crippen LogP contribution is 2.25. The third kappa shape index (κ3) is 3.45. The van der Waals surface area contributed by atoms with Gasteiger partial charge in [-0.3, -0.25) is 0 Å². The Morgan fingerprint density at radius 1 is 1.29 bits per heavy atom. The van der Waals surface area contributed by atoms with Crippen LogP contribution in [0.2, 0.25) is 0 Å². The molecule has 2 nitrogen and oxygen atoms in total. The summed E-state index contributed by atoms with van der Waals surface area (Å²) in [6.45, 7) is 10.1. The van der Waals surface area contributed by atoms with Crippen LogP contribution in [0, 0.1) is 6.92 Å². The summed E-state index contributed by atoms with van der Waals surface area (Å²) in [6.07, 6.45) is 1.71. The number of hydrogen-bond acceptors (Lipinski definition) is 1. The molecule has 0 atom stereocenters. The van der Waals surface area contributed by atoms with E-state index >= 15 is 0 Å². The van der Waals surface area contributed by atoms with E-state index in [1.165, 1.54) is 5.56 Å². The van der Waals surface area contributed by atoms with Crippen LogP contribution in [-0.4, -0.2) is 11.1 Å². The zero-order valence-electron chi connectivity index (χ0n) is 11.2. The summed E-state index contributed by atoms with van der Waals surface area (Å²) in [7, 11) is 0. The summed E-state index contributed by atoms with van der Waals surface area (Å²) < 4.78 is 0. The van der Waals surface area contributed by atoms with Crippen molar-refractivity contribution in [3.63, 3.8) is 0 Å². The van der Waals surface area contributed by atoms with E-state index in [1.54, 1.807) is 13.0 Å². The predicted molar refractivity (Wildman–Crippen MR) is 71.2 cm³/mol. The van der Waals surface area contributed by atoms with Crippen LogP contribution < -0.4 is 0 Å². The molecule has 0 spiro atoms. The van der Waals surface area contributed by atoms with Crippen molar-refractivity contribution in [1.82, 2.24) is 0 Å². The van der Waals surface area contributed by atoms with Crippen LogP contribution in [0.4, 0.5) is 0 Å². The minimum absolute atomic E-state index is 0.120. The summed E-state index contributed by atoms with van der Waals surface area (Å²) in [6, 6.07) is 6.18. The van der Waals surface area contributed by atoms with E-state index in [0.29, 0.717) is 5.57 Å². The lowest BCUT2D eigenvalue weighted by Crippen LogP contribution is -2.11. The maximum absolute atomic E-state index is 10.8. The molecule has 0 aromatic heterocycles. The van der Waals surface area contributed by atoms with E-state index in [9.17, 15) is 4.79 Å². The molecule has 17 heavy (non-hydrogen) atoms. The maximum atomic E-state index is 10.8. The highest BCUT2D eigenvalue weighted by molar-refractivity contribution is 5.91. The lowest BCUT2D eigenvalue weighted by atomic mass is 9.85. The zero-order valence-corrected chi connectivity index (χ0v) is 11.2. The first-order chi connectivity index (χ1) is 7.71. The van der Waals surface area contributed by atoms with E-state index in [1.807, 2.05) is 13.0 Å². The number of rotatable bonds is 2. The molecule has 0 unspecified atom stereocenters. The van der Waals surface area contributed by atoms with Gasteiger partial charge in [0.05, 0.1) is 0 Å².